The van der Waals surface area contributed by atoms with E-state index in [1.165, 1.54) is 0 Å². The van der Waals surface area contributed by atoms with E-state index in [0.717, 1.165) is 39.4 Å². The number of nitrogens with zero attached hydrogens (tertiary/aromatic N) is 4. The van der Waals surface area contributed by atoms with Crippen LogP contribution in [0.5, 0.6) is 5.75 Å². The number of aryl methyl sites for hydroxylation is 1. The van der Waals surface area contributed by atoms with Crippen LogP contribution in [0, 0.1) is 36.5 Å². The maximum atomic E-state index is 9.77. The first-order valence-electron chi connectivity index (χ1n) is 9.39. The fourth-order valence-corrected chi connectivity index (χ4v) is 3.57. The number of aromatic amines is 1. The molecular weight excluding hydrogens is 374 g/mol. The first-order chi connectivity index (χ1) is 14.5. The van der Waals surface area contributed by atoms with Crippen LogP contribution in [-0.2, 0) is 0 Å². The Hall–Kier alpha value is -4.29. The summed E-state index contributed by atoms with van der Waals surface area (Å²) in [5, 5.41) is 18.8. The second-order valence-corrected chi connectivity index (χ2v) is 6.96. The molecule has 146 valence electrons. The Kier molecular flexibility index (Phi) is 4.83. The van der Waals surface area contributed by atoms with E-state index in [9.17, 15) is 5.26 Å². The molecule has 0 atom stereocenters. The minimum absolute atomic E-state index is 0.449. The largest absolute Gasteiger partial charge is 0.497 e. The second-order valence-electron chi connectivity index (χ2n) is 6.96. The molecule has 0 spiro atoms. The van der Waals surface area contributed by atoms with Crippen molar-refractivity contribution in [1.82, 2.24) is 14.5 Å². The van der Waals surface area contributed by atoms with E-state index in [1.54, 1.807) is 19.2 Å². The zero-order valence-electron chi connectivity index (χ0n) is 16.9. The molecule has 6 nitrogen and oxygen atoms in total. The number of allylic oxidation sites excluding steroid dienone is 1. The van der Waals surface area contributed by atoms with Crippen LogP contribution in [0.25, 0.3) is 28.4 Å². The van der Waals surface area contributed by atoms with Crippen LogP contribution in [-0.4, -0.2) is 21.6 Å². The van der Waals surface area contributed by atoms with Crippen molar-refractivity contribution >= 4 is 22.7 Å². The second kappa shape index (κ2) is 7.62. The van der Waals surface area contributed by atoms with Crippen molar-refractivity contribution in [2.45, 2.75) is 13.8 Å². The Labute approximate surface area is 174 Å². The zero-order valence-corrected chi connectivity index (χ0v) is 16.9. The Balaban J connectivity index is 1.76. The van der Waals surface area contributed by atoms with Gasteiger partial charge in [0.05, 0.1) is 35.3 Å². The highest BCUT2D eigenvalue weighted by Crippen LogP contribution is 2.26. The third-order valence-corrected chi connectivity index (χ3v) is 5.09. The van der Waals surface area contributed by atoms with Gasteiger partial charge in [-0.05, 0) is 68.0 Å². The van der Waals surface area contributed by atoms with E-state index in [1.807, 2.05) is 56.3 Å². The van der Waals surface area contributed by atoms with Crippen molar-refractivity contribution in [1.29, 1.82) is 10.5 Å². The average molecular weight is 393 g/mol. The standard InChI is InChI=1S/C24H19N5O/c1-15-10-18(16(2)29(15)20-6-4-17(13-25)5-7-20)11-19(14-26)24-27-22-9-8-21(30-3)12-23(22)28-24/h4-12H,1-3H3,(H,27,28)/b19-11-. The summed E-state index contributed by atoms with van der Waals surface area (Å²) in [6.45, 7) is 4.03. The number of fused-ring (bicyclic) bond motifs is 1. The Bertz CT molecular complexity index is 1360. The minimum atomic E-state index is 0.449. The molecule has 0 amide bonds. The predicted molar refractivity (Wildman–Crippen MR) is 116 cm³/mol. The highest BCUT2D eigenvalue weighted by atomic mass is 16.5. The smallest absolute Gasteiger partial charge is 0.149 e. The summed E-state index contributed by atoms with van der Waals surface area (Å²) in [5.74, 6) is 1.25. The molecule has 2 heterocycles. The molecule has 0 aliphatic heterocycles. The molecule has 1 N–H and O–H groups in total. The van der Waals surface area contributed by atoms with Gasteiger partial charge in [0.1, 0.15) is 17.6 Å². The van der Waals surface area contributed by atoms with Crippen molar-refractivity contribution < 1.29 is 4.74 Å². The van der Waals surface area contributed by atoms with Crippen LogP contribution in [0.2, 0.25) is 0 Å². The minimum Gasteiger partial charge on any atom is -0.497 e. The van der Waals surface area contributed by atoms with E-state index in [4.69, 9.17) is 10.00 Å². The van der Waals surface area contributed by atoms with Gasteiger partial charge in [-0.15, -0.1) is 0 Å². The summed E-state index contributed by atoms with van der Waals surface area (Å²) >= 11 is 0. The fourth-order valence-electron chi connectivity index (χ4n) is 3.57. The molecule has 0 saturated heterocycles. The number of rotatable bonds is 4. The topological polar surface area (TPSA) is 90.4 Å². The van der Waals surface area contributed by atoms with E-state index in [2.05, 4.69) is 26.7 Å². The zero-order chi connectivity index (χ0) is 21.3. The molecule has 2 aromatic heterocycles. The lowest BCUT2D eigenvalue weighted by atomic mass is 10.1. The maximum Gasteiger partial charge on any atom is 0.149 e. The molecule has 30 heavy (non-hydrogen) atoms. The summed E-state index contributed by atoms with van der Waals surface area (Å²) in [7, 11) is 1.61. The number of aromatic nitrogens is 3. The van der Waals surface area contributed by atoms with Gasteiger partial charge in [0.15, 0.2) is 0 Å². The van der Waals surface area contributed by atoms with Crippen LogP contribution in [0.1, 0.15) is 28.3 Å². The summed E-state index contributed by atoms with van der Waals surface area (Å²) in [5.41, 5.74) is 6.60. The Morgan fingerprint density at radius 2 is 1.87 bits per heavy atom. The van der Waals surface area contributed by atoms with Crippen molar-refractivity contribution in [3.8, 4) is 23.6 Å². The normalized spacial score (nSPS) is 11.3. The fraction of sp³-hybridized carbons (Fsp3) is 0.125. The number of hydrogen-bond acceptors (Lipinski definition) is 4. The van der Waals surface area contributed by atoms with Gasteiger partial charge in [-0.1, -0.05) is 0 Å². The molecule has 4 aromatic rings. The van der Waals surface area contributed by atoms with Crippen LogP contribution in [0.3, 0.4) is 0 Å². The summed E-state index contributed by atoms with van der Waals surface area (Å²) in [6, 6.07) is 19.4. The molecule has 0 radical (unpaired) electrons. The molecule has 0 aliphatic rings. The molecule has 0 bridgehead atoms. The number of methoxy groups -OCH3 is 1. The summed E-state index contributed by atoms with van der Waals surface area (Å²) in [6.07, 6.45) is 1.84. The predicted octanol–water partition coefficient (Wildman–Crippen LogP) is 4.91. The van der Waals surface area contributed by atoms with Gasteiger partial charge in [0.25, 0.3) is 0 Å². The van der Waals surface area contributed by atoms with Gasteiger partial charge in [-0.25, -0.2) is 4.98 Å². The summed E-state index contributed by atoms with van der Waals surface area (Å²) < 4.78 is 7.36. The number of ether oxygens (including phenoxy) is 1. The van der Waals surface area contributed by atoms with Gasteiger partial charge in [-0.3, -0.25) is 0 Å². The van der Waals surface area contributed by atoms with Crippen LogP contribution < -0.4 is 4.74 Å². The van der Waals surface area contributed by atoms with Gasteiger partial charge in [0.2, 0.25) is 0 Å². The molecule has 6 heteroatoms. The number of nitriles is 2. The van der Waals surface area contributed by atoms with Gasteiger partial charge >= 0.3 is 0 Å². The van der Waals surface area contributed by atoms with E-state index in [0.29, 0.717) is 17.0 Å². The Morgan fingerprint density at radius 1 is 1.10 bits per heavy atom. The van der Waals surface area contributed by atoms with Crippen molar-refractivity contribution in [3.63, 3.8) is 0 Å². The van der Waals surface area contributed by atoms with Crippen LogP contribution in [0.15, 0.2) is 48.5 Å². The molecule has 0 fully saturated rings. The Morgan fingerprint density at radius 3 is 2.53 bits per heavy atom. The van der Waals surface area contributed by atoms with Crippen LogP contribution >= 0.6 is 0 Å². The van der Waals surface area contributed by atoms with E-state index >= 15 is 0 Å². The van der Waals surface area contributed by atoms with Crippen LogP contribution in [0.4, 0.5) is 0 Å². The first-order valence-corrected chi connectivity index (χ1v) is 9.39. The maximum absolute atomic E-state index is 9.77. The van der Waals surface area contributed by atoms with Crippen molar-refractivity contribution in [2.75, 3.05) is 7.11 Å². The number of benzene rings is 2. The van der Waals surface area contributed by atoms with Gasteiger partial charge in [0, 0.05) is 23.1 Å². The summed E-state index contributed by atoms with van der Waals surface area (Å²) in [4.78, 5) is 7.76. The lowest BCUT2D eigenvalue weighted by Crippen LogP contribution is -1.99. The van der Waals surface area contributed by atoms with Crippen molar-refractivity contribution in [3.05, 3.63) is 76.9 Å². The molecule has 0 aliphatic carbocycles. The number of hydrogen-bond donors (Lipinski definition) is 1. The third kappa shape index (κ3) is 3.32. The average Bonchev–Trinajstić information content (AvgIpc) is 3.31. The highest BCUT2D eigenvalue weighted by molar-refractivity contribution is 5.91. The molecule has 4 rings (SSSR count). The van der Waals surface area contributed by atoms with E-state index in [-0.39, 0.29) is 0 Å². The molecule has 0 saturated carbocycles. The monoisotopic (exact) mass is 393 g/mol. The molecule has 0 unspecified atom stereocenters. The lowest BCUT2D eigenvalue weighted by molar-refractivity contribution is 0.415. The highest BCUT2D eigenvalue weighted by Gasteiger charge is 2.13. The number of imidazole rings is 1. The lowest BCUT2D eigenvalue weighted by Gasteiger charge is -2.09. The third-order valence-electron chi connectivity index (χ3n) is 5.09. The van der Waals surface area contributed by atoms with Gasteiger partial charge < -0.3 is 14.3 Å². The number of nitrogens with one attached hydrogen (secondary N) is 1. The molecule has 2 aromatic carbocycles. The number of H-pyrrole nitrogens is 1. The quantitative estimate of drug-likeness (QED) is 0.499. The first kappa shape index (κ1) is 19.0. The van der Waals surface area contributed by atoms with Crippen molar-refractivity contribution in [2.24, 2.45) is 0 Å². The molecular formula is C24H19N5O. The van der Waals surface area contributed by atoms with Gasteiger partial charge in [-0.2, -0.15) is 10.5 Å². The SMILES string of the molecule is COc1ccc2nc(/C(C#N)=C\c3cc(C)n(-c4ccc(C#N)cc4)c3C)[nH]c2c1. The van der Waals surface area contributed by atoms with E-state index < -0.39 is 0 Å².